The van der Waals surface area contributed by atoms with Gasteiger partial charge in [-0.15, -0.1) is 0 Å². The first-order chi connectivity index (χ1) is 32.3. The Balaban J connectivity index is 1.10. The molecule has 0 amide bonds. The average molecular weight is 826 g/mol. The number of hydrogen-bond donors (Lipinski definition) is 0. The molecular formula is C63H39NO. The van der Waals surface area contributed by atoms with Crippen LogP contribution in [0, 0.1) is 0 Å². The van der Waals surface area contributed by atoms with Crippen molar-refractivity contribution >= 4 is 60.5 Å². The lowest BCUT2D eigenvalue weighted by Crippen LogP contribution is -2.26. The number of fused-ring (bicyclic) bond motifs is 16. The van der Waals surface area contributed by atoms with Crippen molar-refractivity contribution in [2.75, 3.05) is 4.90 Å². The van der Waals surface area contributed by atoms with E-state index in [4.69, 9.17) is 4.42 Å². The van der Waals surface area contributed by atoms with Crippen LogP contribution in [0.1, 0.15) is 22.3 Å². The molecule has 11 aromatic carbocycles. The molecule has 2 aliphatic rings. The summed E-state index contributed by atoms with van der Waals surface area (Å²) in [5, 5.41) is 6.83. The zero-order valence-electron chi connectivity index (χ0n) is 35.4. The Hall–Kier alpha value is -8.46. The zero-order valence-corrected chi connectivity index (χ0v) is 35.4. The van der Waals surface area contributed by atoms with Crippen molar-refractivity contribution in [3.05, 3.63) is 259 Å². The van der Waals surface area contributed by atoms with Crippen LogP contribution in [0.5, 0.6) is 0 Å². The molecule has 0 saturated carbocycles. The van der Waals surface area contributed by atoms with Gasteiger partial charge in [-0.2, -0.15) is 0 Å². The first kappa shape index (κ1) is 36.1. The maximum Gasteiger partial charge on any atom is 0.143 e. The van der Waals surface area contributed by atoms with E-state index in [1.54, 1.807) is 0 Å². The van der Waals surface area contributed by atoms with Gasteiger partial charge in [-0.3, -0.25) is 0 Å². The summed E-state index contributed by atoms with van der Waals surface area (Å²) in [6.07, 6.45) is 0. The van der Waals surface area contributed by atoms with Crippen molar-refractivity contribution in [2.45, 2.75) is 5.41 Å². The molecule has 302 valence electrons. The number of nitrogens with zero attached hydrogens (tertiary/aromatic N) is 1. The normalized spacial score (nSPS) is 13.0. The molecule has 14 rings (SSSR count). The van der Waals surface area contributed by atoms with Crippen molar-refractivity contribution in [3.63, 3.8) is 0 Å². The Morgan fingerprint density at radius 3 is 1.60 bits per heavy atom. The van der Waals surface area contributed by atoms with E-state index in [0.717, 1.165) is 66.5 Å². The first-order valence-corrected chi connectivity index (χ1v) is 22.5. The van der Waals surface area contributed by atoms with Gasteiger partial charge in [0.25, 0.3) is 0 Å². The molecular weight excluding hydrogens is 787 g/mol. The maximum atomic E-state index is 6.99. The smallest absolute Gasteiger partial charge is 0.143 e. The summed E-state index contributed by atoms with van der Waals surface area (Å²) >= 11 is 0. The Labute approximate surface area is 376 Å². The second kappa shape index (κ2) is 13.8. The Morgan fingerprint density at radius 2 is 0.862 bits per heavy atom. The predicted molar refractivity (Wildman–Crippen MR) is 271 cm³/mol. The van der Waals surface area contributed by atoms with Gasteiger partial charge in [-0.1, -0.05) is 206 Å². The third-order valence-corrected chi connectivity index (χ3v) is 14.3. The molecule has 0 saturated heterocycles. The van der Waals surface area contributed by atoms with Crippen LogP contribution in [-0.4, -0.2) is 0 Å². The van der Waals surface area contributed by atoms with E-state index < -0.39 is 5.41 Å². The molecule has 2 heteroatoms. The highest BCUT2D eigenvalue weighted by Gasteiger charge is 2.51. The quantitative estimate of drug-likeness (QED) is 0.172. The standard InChI is InChI=1S/C63H39NO/c1-2-18-41(19-3-1)44-23-11-15-34-58(44)64(42-36-37-49-48-26-10-14-33-56(48)63(57(49)38-42)54-31-12-8-24-46(54)47-25-9-13-32-55(47)63)59-39-53-61-51(45-29-16-21-40-20-4-5-22-43(40)45)30-17-35-60(61)65-62(53)52-28-7-6-27-50(52)59/h1-39H. The van der Waals surface area contributed by atoms with Crippen LogP contribution < -0.4 is 4.90 Å². The third kappa shape index (κ3) is 4.99. The zero-order chi connectivity index (χ0) is 42.6. The van der Waals surface area contributed by atoms with Crippen LogP contribution in [-0.2, 0) is 5.41 Å². The van der Waals surface area contributed by atoms with Gasteiger partial charge in [-0.25, -0.2) is 0 Å². The lowest BCUT2D eigenvalue weighted by atomic mass is 9.70. The number of rotatable bonds is 5. The van der Waals surface area contributed by atoms with Gasteiger partial charge in [-0.05, 0) is 102 Å². The third-order valence-electron chi connectivity index (χ3n) is 14.3. The SMILES string of the molecule is c1ccc(-c2ccccc2N(c2ccc3c(c2)C2(c4ccccc4-c4ccccc42)c2ccccc2-3)c2cc3c(oc4cccc(-c5cccc6ccccc56)c43)c3ccccc23)cc1. The van der Waals surface area contributed by atoms with Gasteiger partial charge in [0.05, 0.1) is 16.8 Å². The lowest BCUT2D eigenvalue weighted by molar-refractivity contribution is 0.673. The van der Waals surface area contributed by atoms with Gasteiger partial charge in [0.1, 0.15) is 11.2 Å². The van der Waals surface area contributed by atoms with Crippen LogP contribution in [0.25, 0.3) is 88.0 Å². The molecule has 0 fully saturated rings. The fraction of sp³-hybridized carbons (Fsp3) is 0.0159. The second-order valence-corrected chi connectivity index (χ2v) is 17.5. The van der Waals surface area contributed by atoms with Gasteiger partial charge >= 0.3 is 0 Å². The van der Waals surface area contributed by atoms with E-state index in [9.17, 15) is 0 Å². The molecule has 2 aliphatic carbocycles. The van der Waals surface area contributed by atoms with Crippen LogP contribution in [0.2, 0.25) is 0 Å². The van der Waals surface area contributed by atoms with Gasteiger partial charge in [0.15, 0.2) is 0 Å². The fourth-order valence-corrected chi connectivity index (χ4v) is 11.7. The van der Waals surface area contributed by atoms with E-state index in [2.05, 4.69) is 241 Å². The molecule has 2 nitrogen and oxygen atoms in total. The molecule has 0 unspecified atom stereocenters. The lowest BCUT2D eigenvalue weighted by Gasteiger charge is -2.33. The van der Waals surface area contributed by atoms with Gasteiger partial charge in [0.2, 0.25) is 0 Å². The molecule has 1 heterocycles. The molecule has 0 radical (unpaired) electrons. The molecule has 12 aromatic rings. The second-order valence-electron chi connectivity index (χ2n) is 17.5. The molecule has 65 heavy (non-hydrogen) atoms. The summed E-state index contributed by atoms with van der Waals surface area (Å²) in [7, 11) is 0. The first-order valence-electron chi connectivity index (χ1n) is 22.5. The average Bonchev–Trinajstić information content (AvgIpc) is 4.01. The van der Waals surface area contributed by atoms with E-state index in [1.165, 1.54) is 60.8 Å². The highest BCUT2D eigenvalue weighted by Crippen LogP contribution is 2.63. The molecule has 0 bridgehead atoms. The molecule has 0 atom stereocenters. The number of benzene rings is 11. The summed E-state index contributed by atoms with van der Waals surface area (Å²) in [4.78, 5) is 2.52. The molecule has 0 N–H and O–H groups in total. The van der Waals surface area contributed by atoms with Crippen molar-refractivity contribution in [3.8, 4) is 44.5 Å². The molecule has 1 spiro atoms. The Bertz CT molecular complexity index is 3840. The minimum atomic E-state index is -0.486. The summed E-state index contributed by atoms with van der Waals surface area (Å²) < 4.78 is 6.99. The largest absolute Gasteiger partial charge is 0.455 e. The van der Waals surface area contributed by atoms with Crippen LogP contribution in [0.4, 0.5) is 17.1 Å². The minimum Gasteiger partial charge on any atom is -0.455 e. The Kier molecular flexibility index (Phi) is 7.64. The summed E-state index contributed by atoms with van der Waals surface area (Å²) in [6, 6.07) is 87.1. The monoisotopic (exact) mass is 825 g/mol. The maximum absolute atomic E-state index is 6.99. The minimum absolute atomic E-state index is 0.486. The summed E-state index contributed by atoms with van der Waals surface area (Å²) in [5.74, 6) is 0. The van der Waals surface area contributed by atoms with Crippen LogP contribution in [0.3, 0.4) is 0 Å². The van der Waals surface area contributed by atoms with E-state index in [-0.39, 0.29) is 0 Å². The highest BCUT2D eigenvalue weighted by molar-refractivity contribution is 6.23. The number of furan rings is 1. The van der Waals surface area contributed by atoms with Gasteiger partial charge in [0, 0.05) is 32.8 Å². The number of para-hydroxylation sites is 1. The Morgan fingerprint density at radius 1 is 0.323 bits per heavy atom. The summed E-state index contributed by atoms with van der Waals surface area (Å²) in [5.41, 5.74) is 19.7. The van der Waals surface area contributed by atoms with E-state index >= 15 is 0 Å². The molecule has 1 aromatic heterocycles. The highest BCUT2D eigenvalue weighted by atomic mass is 16.3. The number of anilines is 3. The van der Waals surface area contributed by atoms with E-state index in [0.29, 0.717) is 0 Å². The van der Waals surface area contributed by atoms with Crippen molar-refractivity contribution in [2.24, 2.45) is 0 Å². The topological polar surface area (TPSA) is 16.4 Å². The van der Waals surface area contributed by atoms with Crippen molar-refractivity contribution in [1.82, 2.24) is 0 Å². The fourth-order valence-electron chi connectivity index (χ4n) is 11.7. The summed E-state index contributed by atoms with van der Waals surface area (Å²) in [6.45, 7) is 0. The predicted octanol–water partition coefficient (Wildman–Crippen LogP) is 17.0. The van der Waals surface area contributed by atoms with Gasteiger partial charge < -0.3 is 9.32 Å². The van der Waals surface area contributed by atoms with Crippen LogP contribution >= 0.6 is 0 Å². The molecule has 0 aliphatic heterocycles. The van der Waals surface area contributed by atoms with Crippen LogP contribution in [0.15, 0.2) is 241 Å². The number of hydrogen-bond acceptors (Lipinski definition) is 2. The van der Waals surface area contributed by atoms with Crippen molar-refractivity contribution in [1.29, 1.82) is 0 Å². The van der Waals surface area contributed by atoms with E-state index in [1.807, 2.05) is 0 Å². The van der Waals surface area contributed by atoms with Crippen molar-refractivity contribution < 1.29 is 4.42 Å².